The molecule has 146 valence electrons. The zero-order valence-electron chi connectivity index (χ0n) is 14.8. The van der Waals surface area contributed by atoms with Crippen LogP contribution in [0.2, 0.25) is 0 Å². The van der Waals surface area contributed by atoms with Gasteiger partial charge in [0.05, 0.1) is 11.1 Å². The number of esters is 2. The first-order chi connectivity index (χ1) is 13.7. The summed E-state index contributed by atoms with van der Waals surface area (Å²) < 4.78 is 20.0. The standard InChI is InChI=1S/C20H18O8/c21-13-25-11-17(27-14-22)18(28-20(24)16-9-5-2-6-10-16)12-26-19(23)15-7-3-1-4-8-15/h1-10,13-14,17-18H,11-12H2. The smallest absolute Gasteiger partial charge is 0.338 e. The Morgan fingerprint density at radius 3 is 1.86 bits per heavy atom. The maximum Gasteiger partial charge on any atom is 0.338 e. The molecule has 0 aliphatic heterocycles. The highest BCUT2D eigenvalue weighted by Crippen LogP contribution is 2.12. The Morgan fingerprint density at radius 2 is 1.32 bits per heavy atom. The molecule has 2 aromatic rings. The quantitative estimate of drug-likeness (QED) is 0.327. The largest absolute Gasteiger partial charge is 0.464 e. The van der Waals surface area contributed by atoms with Crippen molar-refractivity contribution in [2.75, 3.05) is 13.2 Å². The van der Waals surface area contributed by atoms with Crippen molar-refractivity contribution in [1.29, 1.82) is 0 Å². The third-order valence-corrected chi connectivity index (χ3v) is 3.63. The van der Waals surface area contributed by atoms with E-state index in [-0.39, 0.29) is 25.1 Å². The van der Waals surface area contributed by atoms with Gasteiger partial charge >= 0.3 is 11.9 Å². The Bertz CT molecular complexity index is 775. The Labute approximate surface area is 161 Å². The van der Waals surface area contributed by atoms with E-state index in [0.29, 0.717) is 5.56 Å². The molecule has 0 N–H and O–H groups in total. The fraction of sp³-hybridized carbons (Fsp3) is 0.200. The van der Waals surface area contributed by atoms with E-state index in [2.05, 4.69) is 4.74 Å². The number of ether oxygens (including phenoxy) is 4. The third-order valence-electron chi connectivity index (χ3n) is 3.63. The monoisotopic (exact) mass is 386 g/mol. The van der Waals surface area contributed by atoms with Crippen LogP contribution >= 0.6 is 0 Å². The predicted octanol–water partition coefficient (Wildman–Crippen LogP) is 1.78. The summed E-state index contributed by atoms with van der Waals surface area (Å²) in [5, 5.41) is 0. The van der Waals surface area contributed by atoms with Crippen LogP contribution in [-0.2, 0) is 28.5 Å². The van der Waals surface area contributed by atoms with Crippen molar-refractivity contribution in [3.05, 3.63) is 71.8 Å². The van der Waals surface area contributed by atoms with E-state index in [4.69, 9.17) is 14.2 Å². The molecule has 2 atom stereocenters. The summed E-state index contributed by atoms with van der Waals surface area (Å²) in [7, 11) is 0. The fourth-order valence-corrected chi connectivity index (χ4v) is 2.25. The highest BCUT2D eigenvalue weighted by atomic mass is 16.6. The molecule has 0 bridgehead atoms. The van der Waals surface area contributed by atoms with Crippen LogP contribution in [0.4, 0.5) is 0 Å². The SMILES string of the molecule is O=COCC(OC=O)C(COC(=O)c1ccccc1)OC(=O)c1ccccc1. The molecule has 8 nitrogen and oxygen atoms in total. The van der Waals surface area contributed by atoms with E-state index < -0.39 is 30.8 Å². The molecule has 2 rings (SSSR count). The molecule has 0 aliphatic rings. The second-order valence-corrected chi connectivity index (χ2v) is 5.47. The summed E-state index contributed by atoms with van der Waals surface area (Å²) in [6, 6.07) is 16.3. The van der Waals surface area contributed by atoms with Crippen LogP contribution in [0.3, 0.4) is 0 Å². The van der Waals surface area contributed by atoms with E-state index >= 15 is 0 Å². The van der Waals surface area contributed by atoms with Crippen LogP contribution < -0.4 is 0 Å². The molecule has 0 fully saturated rings. The summed E-state index contributed by atoms with van der Waals surface area (Å²) >= 11 is 0. The zero-order valence-corrected chi connectivity index (χ0v) is 14.8. The van der Waals surface area contributed by atoms with Crippen molar-refractivity contribution in [1.82, 2.24) is 0 Å². The molecule has 0 saturated carbocycles. The maximum absolute atomic E-state index is 12.3. The minimum absolute atomic E-state index is 0.126. The van der Waals surface area contributed by atoms with Crippen LogP contribution in [0.15, 0.2) is 60.7 Å². The molecule has 2 aromatic carbocycles. The van der Waals surface area contributed by atoms with Crippen LogP contribution in [0.5, 0.6) is 0 Å². The van der Waals surface area contributed by atoms with E-state index in [9.17, 15) is 19.2 Å². The Hall–Kier alpha value is -3.68. The molecule has 0 heterocycles. The lowest BCUT2D eigenvalue weighted by Crippen LogP contribution is -2.40. The minimum Gasteiger partial charge on any atom is -0.464 e. The molecule has 0 saturated heterocycles. The lowest BCUT2D eigenvalue weighted by Gasteiger charge is -2.24. The van der Waals surface area contributed by atoms with E-state index in [0.717, 1.165) is 0 Å². The molecular formula is C20H18O8. The summed E-state index contributed by atoms with van der Waals surface area (Å²) in [6.45, 7) is -0.501. The molecule has 0 aliphatic carbocycles. The average Bonchev–Trinajstić information content (AvgIpc) is 2.75. The second kappa shape index (κ2) is 11.1. The third kappa shape index (κ3) is 6.24. The highest BCUT2D eigenvalue weighted by molar-refractivity contribution is 5.90. The van der Waals surface area contributed by atoms with Gasteiger partial charge in [-0.15, -0.1) is 0 Å². The van der Waals surface area contributed by atoms with Crippen molar-refractivity contribution in [3.63, 3.8) is 0 Å². The maximum atomic E-state index is 12.3. The van der Waals surface area contributed by atoms with Crippen LogP contribution in [0, 0.1) is 0 Å². The van der Waals surface area contributed by atoms with Gasteiger partial charge in [-0.25, -0.2) is 9.59 Å². The Kier molecular flexibility index (Phi) is 8.19. The number of rotatable bonds is 11. The van der Waals surface area contributed by atoms with Crippen LogP contribution in [-0.4, -0.2) is 50.3 Å². The van der Waals surface area contributed by atoms with Gasteiger partial charge in [0.25, 0.3) is 12.9 Å². The van der Waals surface area contributed by atoms with Crippen LogP contribution in [0.1, 0.15) is 20.7 Å². The van der Waals surface area contributed by atoms with Gasteiger partial charge in [-0.2, -0.15) is 0 Å². The first-order valence-corrected chi connectivity index (χ1v) is 8.28. The first kappa shape index (κ1) is 20.6. The van der Waals surface area contributed by atoms with Gasteiger partial charge < -0.3 is 18.9 Å². The van der Waals surface area contributed by atoms with Gasteiger partial charge in [0.15, 0.2) is 12.2 Å². The van der Waals surface area contributed by atoms with E-state index in [1.54, 1.807) is 48.5 Å². The van der Waals surface area contributed by atoms with Crippen molar-refractivity contribution < 1.29 is 38.1 Å². The molecule has 2 unspecified atom stereocenters. The van der Waals surface area contributed by atoms with Crippen molar-refractivity contribution in [2.45, 2.75) is 12.2 Å². The van der Waals surface area contributed by atoms with E-state index in [1.807, 2.05) is 0 Å². The fourth-order valence-electron chi connectivity index (χ4n) is 2.25. The molecule has 8 heteroatoms. The Balaban J connectivity index is 2.11. The number of benzene rings is 2. The lowest BCUT2D eigenvalue weighted by molar-refractivity contribution is -0.152. The number of hydrogen-bond acceptors (Lipinski definition) is 8. The Morgan fingerprint density at radius 1 is 0.750 bits per heavy atom. The van der Waals surface area contributed by atoms with Crippen molar-refractivity contribution >= 4 is 24.9 Å². The lowest BCUT2D eigenvalue weighted by atomic mass is 10.2. The first-order valence-electron chi connectivity index (χ1n) is 8.28. The molecule has 0 aromatic heterocycles. The van der Waals surface area contributed by atoms with Crippen molar-refractivity contribution in [2.24, 2.45) is 0 Å². The minimum atomic E-state index is -1.19. The van der Waals surface area contributed by atoms with E-state index in [1.165, 1.54) is 12.1 Å². The summed E-state index contributed by atoms with van der Waals surface area (Å²) in [4.78, 5) is 45.7. The van der Waals surface area contributed by atoms with Gasteiger partial charge in [-0.05, 0) is 24.3 Å². The second-order valence-electron chi connectivity index (χ2n) is 5.47. The van der Waals surface area contributed by atoms with Gasteiger partial charge in [0.1, 0.15) is 13.2 Å². The molecule has 0 amide bonds. The number of carbonyl (C=O) groups is 4. The van der Waals surface area contributed by atoms with Gasteiger partial charge in [-0.1, -0.05) is 36.4 Å². The highest BCUT2D eigenvalue weighted by Gasteiger charge is 2.30. The average molecular weight is 386 g/mol. The van der Waals surface area contributed by atoms with Gasteiger partial charge in [-0.3, -0.25) is 9.59 Å². The number of carbonyl (C=O) groups excluding carboxylic acids is 4. The van der Waals surface area contributed by atoms with Crippen LogP contribution in [0.25, 0.3) is 0 Å². The van der Waals surface area contributed by atoms with Gasteiger partial charge in [0, 0.05) is 0 Å². The normalized spacial score (nSPS) is 12.1. The zero-order chi connectivity index (χ0) is 20.2. The predicted molar refractivity (Wildman–Crippen MR) is 95.3 cm³/mol. The topological polar surface area (TPSA) is 105 Å². The summed E-state index contributed by atoms with van der Waals surface area (Å²) in [5.41, 5.74) is 0.552. The summed E-state index contributed by atoms with van der Waals surface area (Å²) in [6.07, 6.45) is -2.34. The molecule has 0 radical (unpaired) electrons. The number of hydrogen-bond donors (Lipinski definition) is 0. The molecular weight excluding hydrogens is 368 g/mol. The van der Waals surface area contributed by atoms with Gasteiger partial charge in [0.2, 0.25) is 0 Å². The molecule has 28 heavy (non-hydrogen) atoms. The molecule has 0 spiro atoms. The summed E-state index contributed by atoms with van der Waals surface area (Å²) in [5.74, 6) is -1.37. The van der Waals surface area contributed by atoms with Crippen molar-refractivity contribution in [3.8, 4) is 0 Å².